The van der Waals surface area contributed by atoms with E-state index in [4.69, 9.17) is 0 Å². The molecule has 0 saturated carbocycles. The number of anilines is 1. The number of aryl methyl sites for hydroxylation is 1. The maximum Gasteiger partial charge on any atom is 0.321 e. The summed E-state index contributed by atoms with van der Waals surface area (Å²) in [5, 5.41) is 11.8. The van der Waals surface area contributed by atoms with Gasteiger partial charge in [0, 0.05) is 30.2 Å². The van der Waals surface area contributed by atoms with Crippen LogP contribution in [0.1, 0.15) is 35.8 Å². The molecule has 0 atom stereocenters. The number of hydrogen-bond acceptors (Lipinski definition) is 3. The van der Waals surface area contributed by atoms with Gasteiger partial charge in [0.15, 0.2) is 5.96 Å². The number of benzene rings is 1. The van der Waals surface area contributed by atoms with Crippen LogP contribution in [0.5, 0.6) is 0 Å². The number of amides is 2. The zero-order valence-corrected chi connectivity index (χ0v) is 17.4. The van der Waals surface area contributed by atoms with Gasteiger partial charge in [-0.25, -0.2) is 9.79 Å². The van der Waals surface area contributed by atoms with Gasteiger partial charge in [-0.2, -0.15) is 0 Å². The van der Waals surface area contributed by atoms with Crippen LogP contribution in [0, 0.1) is 6.92 Å². The standard InChI is InChI=1S/C21H29N5OS/c1-3-22-20(24-15-19-16(2)9-12-28-19)23-14-17-7-6-8-18(13-17)25-21(27)26-10-4-5-11-26/h6-9,12-13H,3-5,10-11,14-15H2,1-2H3,(H,25,27)(H2,22,23,24). The van der Waals surface area contributed by atoms with Crippen LogP contribution in [0.25, 0.3) is 0 Å². The Morgan fingerprint density at radius 2 is 2.04 bits per heavy atom. The van der Waals surface area contributed by atoms with Gasteiger partial charge < -0.3 is 20.9 Å². The quantitative estimate of drug-likeness (QED) is 0.509. The lowest BCUT2D eigenvalue weighted by Gasteiger charge is -2.16. The number of nitrogens with zero attached hydrogens (tertiary/aromatic N) is 2. The molecular formula is C21H29N5OS. The molecular weight excluding hydrogens is 370 g/mol. The third-order valence-electron chi connectivity index (χ3n) is 4.72. The summed E-state index contributed by atoms with van der Waals surface area (Å²) in [5.41, 5.74) is 3.18. The van der Waals surface area contributed by atoms with Crippen LogP contribution in [0.3, 0.4) is 0 Å². The van der Waals surface area contributed by atoms with Crippen molar-refractivity contribution in [1.29, 1.82) is 0 Å². The summed E-state index contributed by atoms with van der Waals surface area (Å²) in [5.74, 6) is 0.793. The first-order valence-corrected chi connectivity index (χ1v) is 10.7. The van der Waals surface area contributed by atoms with Gasteiger partial charge in [-0.3, -0.25) is 0 Å². The molecule has 1 aromatic carbocycles. The number of hydrogen-bond donors (Lipinski definition) is 3. The lowest BCUT2D eigenvalue weighted by molar-refractivity contribution is 0.222. The Morgan fingerprint density at radius 3 is 2.75 bits per heavy atom. The van der Waals surface area contributed by atoms with Crippen molar-refractivity contribution >= 4 is 29.0 Å². The van der Waals surface area contributed by atoms with Gasteiger partial charge in [0.2, 0.25) is 0 Å². The van der Waals surface area contributed by atoms with E-state index in [0.29, 0.717) is 6.54 Å². The van der Waals surface area contributed by atoms with Gasteiger partial charge >= 0.3 is 6.03 Å². The Bertz CT molecular complexity index is 811. The van der Waals surface area contributed by atoms with Crippen molar-refractivity contribution in [3.63, 3.8) is 0 Å². The number of thiophene rings is 1. The molecule has 1 fully saturated rings. The first-order chi connectivity index (χ1) is 13.7. The highest BCUT2D eigenvalue weighted by Crippen LogP contribution is 2.16. The van der Waals surface area contributed by atoms with E-state index in [1.165, 1.54) is 10.4 Å². The zero-order chi connectivity index (χ0) is 19.8. The van der Waals surface area contributed by atoms with E-state index in [9.17, 15) is 4.79 Å². The van der Waals surface area contributed by atoms with E-state index >= 15 is 0 Å². The molecule has 0 spiro atoms. The highest BCUT2D eigenvalue weighted by Gasteiger charge is 2.17. The number of rotatable bonds is 6. The lowest BCUT2D eigenvalue weighted by Crippen LogP contribution is -2.36. The molecule has 150 valence electrons. The van der Waals surface area contributed by atoms with E-state index in [2.05, 4.69) is 46.2 Å². The van der Waals surface area contributed by atoms with Crippen molar-refractivity contribution in [2.75, 3.05) is 25.0 Å². The summed E-state index contributed by atoms with van der Waals surface area (Å²) in [6, 6.07) is 10.0. The molecule has 0 radical (unpaired) electrons. The molecule has 1 aromatic heterocycles. The third-order valence-corrected chi connectivity index (χ3v) is 5.74. The van der Waals surface area contributed by atoms with Crippen molar-refractivity contribution < 1.29 is 4.79 Å². The van der Waals surface area contributed by atoms with Gasteiger partial charge in [0.05, 0.1) is 13.1 Å². The second kappa shape index (κ2) is 10.1. The minimum absolute atomic E-state index is 0.0144. The number of nitrogens with one attached hydrogen (secondary N) is 3. The van der Waals surface area contributed by atoms with Gasteiger partial charge in [0.25, 0.3) is 0 Å². The molecule has 7 heteroatoms. The molecule has 3 rings (SSSR count). The molecule has 2 heterocycles. The topological polar surface area (TPSA) is 68.8 Å². The van der Waals surface area contributed by atoms with Gasteiger partial charge in [-0.1, -0.05) is 12.1 Å². The van der Waals surface area contributed by atoms with Gasteiger partial charge in [0.1, 0.15) is 0 Å². The van der Waals surface area contributed by atoms with Crippen LogP contribution < -0.4 is 16.0 Å². The Hall–Kier alpha value is -2.54. The molecule has 28 heavy (non-hydrogen) atoms. The second-order valence-electron chi connectivity index (χ2n) is 6.90. The first kappa shape index (κ1) is 20.2. The third kappa shape index (κ3) is 5.73. The maximum atomic E-state index is 12.3. The maximum absolute atomic E-state index is 12.3. The molecule has 1 saturated heterocycles. The molecule has 0 aliphatic carbocycles. The predicted molar refractivity (Wildman–Crippen MR) is 117 cm³/mol. The van der Waals surface area contributed by atoms with Crippen molar-refractivity contribution in [1.82, 2.24) is 15.5 Å². The Labute approximate surface area is 171 Å². The SMILES string of the molecule is CCNC(=NCc1cccc(NC(=O)N2CCCC2)c1)NCc1sccc1C. The molecule has 2 aromatic rings. The normalized spacial score (nSPS) is 14.2. The minimum Gasteiger partial charge on any atom is -0.357 e. The Kier molecular flexibility index (Phi) is 7.31. The molecule has 2 amide bonds. The molecule has 1 aliphatic heterocycles. The second-order valence-corrected chi connectivity index (χ2v) is 7.90. The summed E-state index contributed by atoms with van der Waals surface area (Å²) in [7, 11) is 0. The van der Waals surface area contributed by atoms with Crippen molar-refractivity contribution in [2.45, 2.75) is 39.8 Å². The minimum atomic E-state index is -0.0144. The van der Waals surface area contributed by atoms with Crippen LogP contribution in [-0.4, -0.2) is 36.5 Å². The molecule has 0 unspecified atom stereocenters. The fourth-order valence-electron chi connectivity index (χ4n) is 3.13. The van der Waals surface area contributed by atoms with E-state index in [-0.39, 0.29) is 6.03 Å². The summed E-state index contributed by atoms with van der Waals surface area (Å²) in [6.07, 6.45) is 2.18. The fraction of sp³-hybridized carbons (Fsp3) is 0.429. The van der Waals surface area contributed by atoms with Crippen molar-refractivity contribution in [3.8, 4) is 0 Å². The number of urea groups is 1. The van der Waals surface area contributed by atoms with Crippen molar-refractivity contribution in [2.24, 2.45) is 4.99 Å². The summed E-state index contributed by atoms with van der Waals surface area (Å²) in [4.78, 5) is 20.1. The number of guanidine groups is 1. The number of likely N-dealkylation sites (tertiary alicyclic amines) is 1. The van der Waals surface area contributed by atoms with E-state index < -0.39 is 0 Å². The number of carbonyl (C=O) groups is 1. The van der Waals surface area contributed by atoms with Crippen LogP contribution >= 0.6 is 11.3 Å². The highest BCUT2D eigenvalue weighted by atomic mass is 32.1. The number of aliphatic imine (C=N–C) groups is 1. The first-order valence-electron chi connectivity index (χ1n) is 9.85. The summed E-state index contributed by atoms with van der Waals surface area (Å²) in [6.45, 7) is 7.99. The molecule has 1 aliphatic rings. The van der Waals surface area contributed by atoms with Gasteiger partial charge in [-0.05, 0) is 61.4 Å². The zero-order valence-electron chi connectivity index (χ0n) is 16.6. The summed E-state index contributed by atoms with van der Waals surface area (Å²) >= 11 is 1.75. The summed E-state index contributed by atoms with van der Waals surface area (Å²) < 4.78 is 0. The van der Waals surface area contributed by atoms with E-state index in [0.717, 1.165) is 56.2 Å². The predicted octanol–water partition coefficient (Wildman–Crippen LogP) is 3.94. The van der Waals surface area contributed by atoms with Crippen LogP contribution in [-0.2, 0) is 13.1 Å². The van der Waals surface area contributed by atoms with Crippen LogP contribution in [0.4, 0.5) is 10.5 Å². The van der Waals surface area contributed by atoms with E-state index in [1.807, 2.05) is 29.2 Å². The smallest absolute Gasteiger partial charge is 0.321 e. The van der Waals surface area contributed by atoms with E-state index in [1.54, 1.807) is 11.3 Å². The van der Waals surface area contributed by atoms with Crippen LogP contribution in [0.2, 0.25) is 0 Å². The molecule has 0 bridgehead atoms. The number of carbonyl (C=O) groups excluding carboxylic acids is 1. The average Bonchev–Trinajstić information content (AvgIpc) is 3.36. The Morgan fingerprint density at radius 1 is 1.21 bits per heavy atom. The van der Waals surface area contributed by atoms with Crippen LogP contribution in [0.15, 0.2) is 40.7 Å². The Balaban J connectivity index is 1.58. The van der Waals surface area contributed by atoms with Gasteiger partial charge in [-0.15, -0.1) is 11.3 Å². The highest BCUT2D eigenvalue weighted by molar-refractivity contribution is 7.10. The molecule has 3 N–H and O–H groups in total. The largest absolute Gasteiger partial charge is 0.357 e. The fourth-order valence-corrected chi connectivity index (χ4v) is 3.98. The van der Waals surface area contributed by atoms with Crippen molar-refractivity contribution in [3.05, 3.63) is 51.7 Å². The lowest BCUT2D eigenvalue weighted by atomic mass is 10.2. The molecule has 6 nitrogen and oxygen atoms in total. The average molecular weight is 400 g/mol. The monoisotopic (exact) mass is 399 g/mol.